The molecule has 2 aliphatic carbocycles. The molecule has 0 bridgehead atoms. The topological polar surface area (TPSA) is 37.3 Å². The highest BCUT2D eigenvalue weighted by Crippen LogP contribution is 2.48. The molecule has 0 saturated heterocycles. The van der Waals surface area contributed by atoms with Crippen LogP contribution in [0.5, 0.6) is 0 Å². The molecule has 102 valence electrons. The molecule has 19 heavy (non-hydrogen) atoms. The minimum atomic E-state index is -0.557. The van der Waals surface area contributed by atoms with Crippen LogP contribution < -0.4 is 0 Å². The molecular formula is C17H22O2. The zero-order valence-corrected chi connectivity index (χ0v) is 11.4. The van der Waals surface area contributed by atoms with Gasteiger partial charge in [0.15, 0.2) is 0 Å². The summed E-state index contributed by atoms with van der Waals surface area (Å²) >= 11 is 0. The summed E-state index contributed by atoms with van der Waals surface area (Å²) in [5, 5.41) is 9.73. The minimum absolute atomic E-state index is 0.450. The van der Waals surface area contributed by atoms with E-state index < -0.39 is 11.4 Å². The third-order valence-corrected chi connectivity index (χ3v) is 5.11. The van der Waals surface area contributed by atoms with Crippen LogP contribution in [0.25, 0.3) is 0 Å². The van der Waals surface area contributed by atoms with E-state index in [4.69, 9.17) is 0 Å². The van der Waals surface area contributed by atoms with Crippen LogP contribution in [0.4, 0.5) is 0 Å². The highest BCUT2D eigenvalue weighted by Gasteiger charge is 2.42. The first kappa shape index (κ1) is 12.7. The van der Waals surface area contributed by atoms with Gasteiger partial charge in [0.25, 0.3) is 0 Å². The monoisotopic (exact) mass is 258 g/mol. The average molecular weight is 258 g/mol. The molecule has 2 heteroatoms. The van der Waals surface area contributed by atoms with E-state index in [2.05, 4.69) is 24.3 Å². The van der Waals surface area contributed by atoms with E-state index >= 15 is 0 Å². The normalized spacial score (nSPS) is 24.9. The van der Waals surface area contributed by atoms with E-state index in [1.54, 1.807) is 0 Å². The maximum atomic E-state index is 11.8. The zero-order valence-electron chi connectivity index (χ0n) is 11.4. The first-order chi connectivity index (χ1) is 9.21. The molecule has 1 saturated carbocycles. The van der Waals surface area contributed by atoms with E-state index in [1.165, 1.54) is 24.0 Å². The Labute approximate surface area is 114 Å². The van der Waals surface area contributed by atoms with Crippen LogP contribution in [0.2, 0.25) is 0 Å². The summed E-state index contributed by atoms with van der Waals surface area (Å²) in [6.07, 6.45) is 8.25. The van der Waals surface area contributed by atoms with Crippen LogP contribution in [-0.4, -0.2) is 11.1 Å². The summed E-state index contributed by atoms with van der Waals surface area (Å²) in [7, 11) is 0. The molecule has 1 unspecified atom stereocenters. The lowest BCUT2D eigenvalue weighted by Crippen LogP contribution is -2.35. The molecule has 3 rings (SSSR count). The molecule has 0 spiro atoms. The number of rotatable bonds is 3. The van der Waals surface area contributed by atoms with Gasteiger partial charge in [-0.05, 0) is 42.7 Å². The van der Waals surface area contributed by atoms with Crippen molar-refractivity contribution in [3.05, 3.63) is 35.4 Å². The van der Waals surface area contributed by atoms with E-state index in [1.807, 2.05) is 0 Å². The van der Waals surface area contributed by atoms with E-state index in [0.29, 0.717) is 5.92 Å². The molecule has 0 aromatic heterocycles. The van der Waals surface area contributed by atoms with Crippen molar-refractivity contribution in [1.82, 2.24) is 0 Å². The smallest absolute Gasteiger partial charge is 0.309 e. The first-order valence-corrected chi connectivity index (χ1v) is 7.52. The van der Waals surface area contributed by atoms with E-state index in [-0.39, 0.29) is 0 Å². The molecule has 1 aromatic rings. The van der Waals surface area contributed by atoms with Gasteiger partial charge in [0.2, 0.25) is 0 Å². The number of carboxylic acids is 1. The Morgan fingerprint density at radius 3 is 2.47 bits per heavy atom. The lowest BCUT2D eigenvalue weighted by atomic mass is 9.66. The van der Waals surface area contributed by atoms with Crippen LogP contribution in [0.1, 0.15) is 62.0 Å². The lowest BCUT2D eigenvalue weighted by Gasteiger charge is -2.38. The maximum absolute atomic E-state index is 11.8. The lowest BCUT2D eigenvalue weighted by molar-refractivity contribution is -0.150. The Balaban J connectivity index is 1.78. The molecule has 1 atom stereocenters. The number of aliphatic carboxylic acids is 1. The number of benzene rings is 1. The number of hydrogen-bond donors (Lipinski definition) is 1. The average Bonchev–Trinajstić information content (AvgIpc) is 2.62. The van der Waals surface area contributed by atoms with Crippen molar-refractivity contribution in [2.75, 3.05) is 0 Å². The summed E-state index contributed by atoms with van der Waals surface area (Å²) in [6.45, 7) is 0. The van der Waals surface area contributed by atoms with Crippen molar-refractivity contribution in [3.8, 4) is 0 Å². The van der Waals surface area contributed by atoms with Gasteiger partial charge >= 0.3 is 5.97 Å². The highest BCUT2D eigenvalue weighted by molar-refractivity contribution is 5.75. The van der Waals surface area contributed by atoms with E-state index in [0.717, 1.165) is 38.5 Å². The predicted molar refractivity (Wildman–Crippen MR) is 75.3 cm³/mol. The SMILES string of the molecule is O=C(O)C1(CC2Cc3ccccc32)CCCCCC1. The second-order valence-corrected chi connectivity index (χ2v) is 6.30. The summed E-state index contributed by atoms with van der Waals surface area (Å²) in [4.78, 5) is 11.8. The van der Waals surface area contributed by atoms with Gasteiger partial charge in [0.1, 0.15) is 0 Å². The van der Waals surface area contributed by atoms with Crippen molar-refractivity contribution in [2.24, 2.45) is 5.41 Å². The van der Waals surface area contributed by atoms with Crippen molar-refractivity contribution < 1.29 is 9.90 Å². The number of fused-ring (bicyclic) bond motifs is 1. The van der Waals surface area contributed by atoms with Gasteiger partial charge in [0.05, 0.1) is 5.41 Å². The van der Waals surface area contributed by atoms with Crippen LogP contribution in [-0.2, 0) is 11.2 Å². The molecular weight excluding hydrogens is 236 g/mol. The Bertz CT molecular complexity index is 470. The van der Waals surface area contributed by atoms with E-state index in [9.17, 15) is 9.90 Å². The van der Waals surface area contributed by atoms with Crippen LogP contribution >= 0.6 is 0 Å². The van der Waals surface area contributed by atoms with Gasteiger partial charge < -0.3 is 5.11 Å². The second-order valence-electron chi connectivity index (χ2n) is 6.30. The summed E-state index contributed by atoms with van der Waals surface area (Å²) in [5.41, 5.74) is 2.36. The van der Waals surface area contributed by atoms with Crippen LogP contribution in [0.15, 0.2) is 24.3 Å². The van der Waals surface area contributed by atoms with Crippen molar-refractivity contribution >= 4 is 5.97 Å². The molecule has 2 aliphatic rings. The Morgan fingerprint density at radius 1 is 1.16 bits per heavy atom. The molecule has 0 aliphatic heterocycles. The summed E-state index contributed by atoms with van der Waals surface area (Å²) < 4.78 is 0. The summed E-state index contributed by atoms with van der Waals surface area (Å²) in [6, 6.07) is 8.50. The number of hydrogen-bond acceptors (Lipinski definition) is 1. The molecule has 1 fully saturated rings. The van der Waals surface area contributed by atoms with Crippen molar-refractivity contribution in [3.63, 3.8) is 0 Å². The van der Waals surface area contributed by atoms with Gasteiger partial charge in [-0.1, -0.05) is 49.9 Å². The fraction of sp³-hybridized carbons (Fsp3) is 0.588. The molecule has 0 heterocycles. The predicted octanol–water partition coefficient (Wildman–Crippen LogP) is 4.14. The highest BCUT2D eigenvalue weighted by atomic mass is 16.4. The number of carbonyl (C=O) groups is 1. The quantitative estimate of drug-likeness (QED) is 0.827. The van der Waals surface area contributed by atoms with Crippen LogP contribution in [0, 0.1) is 5.41 Å². The third-order valence-electron chi connectivity index (χ3n) is 5.11. The minimum Gasteiger partial charge on any atom is -0.481 e. The van der Waals surface area contributed by atoms with Gasteiger partial charge in [-0.2, -0.15) is 0 Å². The standard InChI is InChI=1S/C17H22O2/c18-16(19)17(9-5-1-2-6-10-17)12-14-11-13-7-3-4-8-15(13)14/h3-4,7-8,14H,1-2,5-6,9-12H2,(H,18,19). The number of carboxylic acid groups (broad SMARTS) is 1. The van der Waals surface area contributed by atoms with Crippen LogP contribution in [0.3, 0.4) is 0 Å². The largest absolute Gasteiger partial charge is 0.481 e. The Kier molecular flexibility index (Phi) is 3.34. The van der Waals surface area contributed by atoms with Gasteiger partial charge in [-0.15, -0.1) is 0 Å². The molecule has 2 nitrogen and oxygen atoms in total. The Morgan fingerprint density at radius 2 is 1.84 bits per heavy atom. The van der Waals surface area contributed by atoms with Crippen molar-refractivity contribution in [2.45, 2.75) is 57.3 Å². The fourth-order valence-corrected chi connectivity index (χ4v) is 3.93. The van der Waals surface area contributed by atoms with Crippen molar-refractivity contribution in [1.29, 1.82) is 0 Å². The summed E-state index contributed by atoms with van der Waals surface area (Å²) in [5.74, 6) is -0.0795. The zero-order chi connectivity index (χ0) is 13.3. The third kappa shape index (κ3) is 2.29. The molecule has 1 N–H and O–H groups in total. The van der Waals surface area contributed by atoms with Gasteiger partial charge in [0, 0.05) is 0 Å². The molecule has 0 radical (unpaired) electrons. The fourth-order valence-electron chi connectivity index (χ4n) is 3.93. The molecule has 1 aromatic carbocycles. The van der Waals surface area contributed by atoms with Gasteiger partial charge in [-0.3, -0.25) is 4.79 Å². The van der Waals surface area contributed by atoms with Gasteiger partial charge in [-0.25, -0.2) is 0 Å². The maximum Gasteiger partial charge on any atom is 0.309 e. The second kappa shape index (κ2) is 4.99. The molecule has 0 amide bonds. The first-order valence-electron chi connectivity index (χ1n) is 7.52. The Hall–Kier alpha value is -1.31.